The number of aliphatic hydroxyl groups is 1. The molecule has 27 heavy (non-hydrogen) atoms. The van der Waals surface area contributed by atoms with Gasteiger partial charge in [0.05, 0.1) is 23.0 Å². The summed E-state index contributed by atoms with van der Waals surface area (Å²) in [6, 6.07) is 8.38. The molecule has 2 unspecified atom stereocenters. The minimum Gasteiger partial charge on any atom is -0.396 e. The van der Waals surface area contributed by atoms with Crippen LogP contribution in [0.25, 0.3) is 0 Å². The van der Waals surface area contributed by atoms with Crippen molar-refractivity contribution in [2.24, 2.45) is 4.99 Å². The van der Waals surface area contributed by atoms with Gasteiger partial charge in [0.15, 0.2) is 0 Å². The van der Waals surface area contributed by atoms with Crippen LogP contribution in [0.1, 0.15) is 56.1 Å². The molecule has 2 atom stereocenters. The molecule has 2 aromatic rings. The van der Waals surface area contributed by atoms with E-state index in [1.54, 1.807) is 6.21 Å². The molecular formula is C22H26ClN3O. The second kappa shape index (κ2) is 7.53. The van der Waals surface area contributed by atoms with Crippen molar-refractivity contribution in [3.05, 3.63) is 70.3 Å². The Morgan fingerprint density at radius 2 is 1.85 bits per heavy atom. The van der Waals surface area contributed by atoms with Crippen molar-refractivity contribution >= 4 is 17.8 Å². The smallest absolute Gasteiger partial charge is 0.131 e. The van der Waals surface area contributed by atoms with Crippen molar-refractivity contribution in [1.29, 1.82) is 0 Å². The topological polar surface area (TPSA) is 58.4 Å². The lowest BCUT2D eigenvalue weighted by Crippen LogP contribution is -2.33. The third-order valence-corrected chi connectivity index (χ3v) is 5.59. The standard InChI is InChI=1S/C22H26ClN3O/c1-5-18-19(23)20(25-14-24-18)22(11-6-12-26-22)17(13-27)15-7-9-16(10-8-15)21(2,3)4/h6-12,14,17,27H,5,13H2,1-4H3. The lowest BCUT2D eigenvalue weighted by atomic mass is 9.76. The molecule has 0 amide bonds. The number of halogens is 1. The molecule has 0 radical (unpaired) electrons. The number of aryl methyl sites for hydroxylation is 1. The molecule has 3 rings (SSSR count). The molecule has 0 aliphatic carbocycles. The molecule has 1 aromatic heterocycles. The van der Waals surface area contributed by atoms with Crippen LogP contribution in [0.2, 0.25) is 5.02 Å². The maximum absolute atomic E-state index is 10.3. The Morgan fingerprint density at radius 3 is 2.37 bits per heavy atom. The first-order chi connectivity index (χ1) is 12.8. The molecule has 2 heterocycles. The fourth-order valence-electron chi connectivity index (χ4n) is 3.56. The number of aromatic nitrogens is 2. The second-order valence-corrected chi connectivity index (χ2v) is 8.28. The van der Waals surface area contributed by atoms with E-state index >= 15 is 0 Å². The lowest BCUT2D eigenvalue weighted by molar-refractivity contribution is 0.225. The zero-order valence-electron chi connectivity index (χ0n) is 16.3. The van der Waals surface area contributed by atoms with E-state index in [9.17, 15) is 5.11 Å². The highest BCUT2D eigenvalue weighted by Gasteiger charge is 2.43. The molecule has 4 nitrogen and oxygen atoms in total. The quantitative estimate of drug-likeness (QED) is 0.820. The van der Waals surface area contributed by atoms with Crippen LogP contribution in [0.4, 0.5) is 0 Å². The fourth-order valence-corrected chi connectivity index (χ4v) is 3.94. The van der Waals surface area contributed by atoms with Crippen LogP contribution in [0.3, 0.4) is 0 Å². The van der Waals surface area contributed by atoms with Crippen molar-refractivity contribution < 1.29 is 5.11 Å². The van der Waals surface area contributed by atoms with E-state index in [1.165, 1.54) is 11.9 Å². The fraction of sp³-hybridized carbons (Fsp3) is 0.409. The molecule has 0 saturated carbocycles. The van der Waals surface area contributed by atoms with Crippen LogP contribution in [0.15, 0.2) is 47.7 Å². The second-order valence-electron chi connectivity index (χ2n) is 7.91. The van der Waals surface area contributed by atoms with Crippen molar-refractivity contribution in [3.63, 3.8) is 0 Å². The van der Waals surface area contributed by atoms with E-state index in [4.69, 9.17) is 16.6 Å². The first-order valence-corrected chi connectivity index (χ1v) is 9.65. The van der Waals surface area contributed by atoms with Gasteiger partial charge in [0, 0.05) is 12.1 Å². The number of aliphatic imine (C=N–C) groups is 1. The van der Waals surface area contributed by atoms with Gasteiger partial charge in [-0.25, -0.2) is 9.97 Å². The molecule has 1 N–H and O–H groups in total. The molecule has 142 valence electrons. The van der Waals surface area contributed by atoms with Crippen LogP contribution in [-0.4, -0.2) is 27.9 Å². The van der Waals surface area contributed by atoms with Crippen LogP contribution in [0, 0.1) is 0 Å². The van der Waals surface area contributed by atoms with Crippen molar-refractivity contribution in [1.82, 2.24) is 9.97 Å². The van der Waals surface area contributed by atoms with Gasteiger partial charge in [0.2, 0.25) is 0 Å². The molecule has 1 aliphatic rings. The number of hydrogen-bond acceptors (Lipinski definition) is 4. The highest BCUT2D eigenvalue weighted by atomic mass is 35.5. The summed E-state index contributed by atoms with van der Waals surface area (Å²) in [5.74, 6) is -0.293. The predicted octanol–water partition coefficient (Wildman–Crippen LogP) is 4.60. The summed E-state index contributed by atoms with van der Waals surface area (Å²) in [7, 11) is 0. The van der Waals surface area contributed by atoms with E-state index < -0.39 is 5.54 Å². The number of benzene rings is 1. The normalized spacial score (nSPS) is 20.2. The maximum atomic E-state index is 10.3. The highest BCUT2D eigenvalue weighted by molar-refractivity contribution is 6.32. The minimum absolute atomic E-state index is 0.0711. The van der Waals surface area contributed by atoms with Gasteiger partial charge >= 0.3 is 0 Å². The zero-order chi connectivity index (χ0) is 19.7. The highest BCUT2D eigenvalue weighted by Crippen LogP contribution is 2.45. The van der Waals surface area contributed by atoms with Crippen LogP contribution < -0.4 is 0 Å². The molecule has 1 aliphatic heterocycles. The van der Waals surface area contributed by atoms with Gasteiger partial charge in [-0.1, -0.05) is 63.6 Å². The molecular weight excluding hydrogens is 358 g/mol. The summed E-state index contributed by atoms with van der Waals surface area (Å²) in [6.07, 6.45) is 7.84. The minimum atomic E-state index is -0.831. The number of nitrogens with zero attached hydrogens (tertiary/aromatic N) is 3. The van der Waals surface area contributed by atoms with E-state index in [0.717, 1.165) is 11.3 Å². The third-order valence-electron chi connectivity index (χ3n) is 5.19. The summed E-state index contributed by atoms with van der Waals surface area (Å²) in [5.41, 5.74) is 2.92. The summed E-state index contributed by atoms with van der Waals surface area (Å²) in [5, 5.41) is 10.8. The van der Waals surface area contributed by atoms with Gasteiger partial charge in [-0.2, -0.15) is 0 Å². The van der Waals surface area contributed by atoms with Gasteiger partial charge in [-0.3, -0.25) is 4.99 Å². The van der Waals surface area contributed by atoms with Crippen molar-refractivity contribution in [3.8, 4) is 0 Å². The van der Waals surface area contributed by atoms with Gasteiger partial charge in [0.25, 0.3) is 0 Å². The van der Waals surface area contributed by atoms with Crippen molar-refractivity contribution in [2.75, 3.05) is 6.61 Å². The predicted molar refractivity (Wildman–Crippen MR) is 111 cm³/mol. The Bertz CT molecular complexity index is 854. The van der Waals surface area contributed by atoms with E-state index in [0.29, 0.717) is 17.1 Å². The molecule has 0 spiro atoms. The zero-order valence-corrected chi connectivity index (χ0v) is 17.0. The Morgan fingerprint density at radius 1 is 1.15 bits per heavy atom. The van der Waals surface area contributed by atoms with Gasteiger partial charge < -0.3 is 5.11 Å². The molecule has 0 fully saturated rings. The average Bonchev–Trinajstić information content (AvgIpc) is 3.12. The Kier molecular flexibility index (Phi) is 5.50. The number of allylic oxidation sites excluding steroid dienone is 1. The van der Waals surface area contributed by atoms with E-state index in [1.807, 2.05) is 19.1 Å². The van der Waals surface area contributed by atoms with E-state index in [2.05, 4.69) is 55.0 Å². The van der Waals surface area contributed by atoms with Gasteiger partial charge in [-0.15, -0.1) is 0 Å². The summed E-state index contributed by atoms with van der Waals surface area (Å²) >= 11 is 6.64. The monoisotopic (exact) mass is 383 g/mol. The average molecular weight is 384 g/mol. The number of hydrogen-bond donors (Lipinski definition) is 1. The third kappa shape index (κ3) is 3.56. The van der Waals surface area contributed by atoms with Crippen LogP contribution in [0.5, 0.6) is 0 Å². The Labute approximate surface area is 166 Å². The summed E-state index contributed by atoms with van der Waals surface area (Å²) < 4.78 is 0. The first kappa shape index (κ1) is 19.7. The van der Waals surface area contributed by atoms with Crippen molar-refractivity contribution in [2.45, 2.75) is 51.0 Å². The first-order valence-electron chi connectivity index (χ1n) is 9.27. The van der Waals surface area contributed by atoms with Crippen LogP contribution in [-0.2, 0) is 17.4 Å². The Hall–Kier alpha value is -2.04. The lowest BCUT2D eigenvalue weighted by Gasteiger charge is -2.33. The summed E-state index contributed by atoms with van der Waals surface area (Å²) in [4.78, 5) is 13.5. The largest absolute Gasteiger partial charge is 0.396 e. The SMILES string of the molecule is CCc1ncnc(C2(C(CO)c3ccc(C(C)(C)C)cc3)C=CC=N2)c1Cl. The molecule has 0 saturated heterocycles. The summed E-state index contributed by atoms with van der Waals surface area (Å²) in [6.45, 7) is 8.49. The number of aliphatic hydroxyl groups excluding tert-OH is 1. The van der Waals surface area contributed by atoms with Gasteiger partial charge in [-0.05, 0) is 35.1 Å². The molecule has 1 aromatic carbocycles. The van der Waals surface area contributed by atoms with E-state index in [-0.39, 0.29) is 17.9 Å². The van der Waals surface area contributed by atoms with Gasteiger partial charge in [0.1, 0.15) is 11.9 Å². The molecule has 0 bridgehead atoms. The Balaban J connectivity index is 2.11. The van der Waals surface area contributed by atoms with Crippen LogP contribution >= 0.6 is 11.6 Å². The molecule has 5 heteroatoms. The number of rotatable bonds is 5. The maximum Gasteiger partial charge on any atom is 0.131 e.